The molecule has 1 N–H and O–H groups in total. The van der Waals surface area contributed by atoms with Crippen LogP contribution in [0.5, 0.6) is 5.75 Å². The van der Waals surface area contributed by atoms with Crippen LogP contribution in [-0.4, -0.2) is 24.3 Å². The van der Waals surface area contributed by atoms with Crippen molar-refractivity contribution in [2.45, 2.75) is 37.9 Å². The normalized spacial score (nSPS) is 25.6. The van der Waals surface area contributed by atoms with Crippen LogP contribution in [0.15, 0.2) is 24.3 Å². The average Bonchev–Trinajstić information content (AvgIpc) is 3.00. The van der Waals surface area contributed by atoms with Crippen LogP contribution in [0.4, 0.5) is 0 Å². The Morgan fingerprint density at radius 2 is 2.17 bits per heavy atom. The molecule has 1 aliphatic rings. The molecule has 0 aromatic heterocycles. The van der Waals surface area contributed by atoms with E-state index in [1.165, 1.54) is 0 Å². The van der Waals surface area contributed by atoms with Gasteiger partial charge < -0.3 is 14.6 Å². The van der Waals surface area contributed by atoms with Gasteiger partial charge >= 0.3 is 5.97 Å². The number of aliphatic hydroxyl groups excluding tert-OH is 1. The van der Waals surface area contributed by atoms with Gasteiger partial charge in [0, 0.05) is 18.4 Å². The number of aliphatic hydroxyl groups is 1. The highest BCUT2D eigenvalue weighted by molar-refractivity contribution is 5.71. The Hall–Kier alpha value is -1.55. The number of esters is 1. The molecule has 1 saturated carbocycles. The Balaban J connectivity index is 2.25. The van der Waals surface area contributed by atoms with E-state index in [-0.39, 0.29) is 5.97 Å². The third-order valence-corrected chi connectivity index (χ3v) is 3.19. The van der Waals surface area contributed by atoms with Gasteiger partial charge in [-0.25, -0.2) is 0 Å². The summed E-state index contributed by atoms with van der Waals surface area (Å²) < 4.78 is 10.7. The highest BCUT2D eigenvalue weighted by Gasteiger charge is 2.60. The van der Waals surface area contributed by atoms with E-state index in [1.54, 1.807) is 13.2 Å². The fourth-order valence-corrected chi connectivity index (χ4v) is 2.13. The molecule has 0 spiro atoms. The first kappa shape index (κ1) is 12.9. The molecule has 2 atom stereocenters. The topological polar surface area (TPSA) is 55.8 Å². The molecule has 0 saturated heterocycles. The molecule has 0 heterocycles. The molecule has 1 aromatic rings. The molecule has 4 heteroatoms. The standard InChI is InChI=1S/C14H18O4/c1-3-6-13(16)18-14(9-12(14)15)10-7-4-5-8-11(10)17-2/h4-5,7-8,12,15H,3,6,9H2,1-2H3. The van der Waals surface area contributed by atoms with E-state index < -0.39 is 11.7 Å². The summed E-state index contributed by atoms with van der Waals surface area (Å²) in [5.41, 5.74) is -0.164. The lowest BCUT2D eigenvalue weighted by molar-refractivity contribution is -0.154. The Morgan fingerprint density at radius 3 is 2.72 bits per heavy atom. The van der Waals surface area contributed by atoms with Gasteiger partial charge in [0.2, 0.25) is 0 Å². The van der Waals surface area contributed by atoms with Crippen LogP contribution in [-0.2, 0) is 15.1 Å². The van der Waals surface area contributed by atoms with E-state index in [1.807, 2.05) is 25.1 Å². The largest absolute Gasteiger partial charge is 0.496 e. The van der Waals surface area contributed by atoms with Crippen molar-refractivity contribution in [3.8, 4) is 5.75 Å². The fourth-order valence-electron chi connectivity index (χ4n) is 2.13. The molecule has 0 amide bonds. The third-order valence-electron chi connectivity index (χ3n) is 3.19. The lowest BCUT2D eigenvalue weighted by atomic mass is 10.1. The first-order valence-electron chi connectivity index (χ1n) is 6.17. The number of hydrogen-bond acceptors (Lipinski definition) is 4. The second-order valence-corrected chi connectivity index (χ2v) is 4.53. The van der Waals surface area contributed by atoms with E-state index >= 15 is 0 Å². The van der Waals surface area contributed by atoms with E-state index in [4.69, 9.17) is 9.47 Å². The summed E-state index contributed by atoms with van der Waals surface area (Å²) in [7, 11) is 1.56. The van der Waals surface area contributed by atoms with Gasteiger partial charge in [-0.2, -0.15) is 0 Å². The summed E-state index contributed by atoms with van der Waals surface area (Å²) in [5, 5.41) is 9.83. The molecule has 2 unspecified atom stereocenters. The molecule has 0 radical (unpaired) electrons. The van der Waals surface area contributed by atoms with Crippen molar-refractivity contribution >= 4 is 5.97 Å². The lowest BCUT2D eigenvalue weighted by Gasteiger charge is -2.20. The molecular formula is C14H18O4. The van der Waals surface area contributed by atoms with Crippen LogP contribution in [0.2, 0.25) is 0 Å². The van der Waals surface area contributed by atoms with E-state index in [2.05, 4.69) is 0 Å². The van der Waals surface area contributed by atoms with Gasteiger partial charge in [0.05, 0.1) is 7.11 Å². The third kappa shape index (κ3) is 2.20. The number of hydrogen-bond donors (Lipinski definition) is 1. The zero-order valence-electron chi connectivity index (χ0n) is 10.7. The van der Waals surface area contributed by atoms with Crippen LogP contribution in [0, 0.1) is 0 Å². The van der Waals surface area contributed by atoms with Crippen molar-refractivity contribution in [1.82, 2.24) is 0 Å². The van der Waals surface area contributed by atoms with Gasteiger partial charge in [0.15, 0.2) is 5.60 Å². The molecule has 1 fully saturated rings. The number of benzene rings is 1. The quantitative estimate of drug-likeness (QED) is 0.812. The molecule has 98 valence electrons. The van der Waals surface area contributed by atoms with Crippen LogP contribution < -0.4 is 4.74 Å². The predicted molar refractivity (Wildman–Crippen MR) is 66.3 cm³/mol. The maximum Gasteiger partial charge on any atom is 0.306 e. The highest BCUT2D eigenvalue weighted by Crippen LogP contribution is 2.52. The van der Waals surface area contributed by atoms with Crippen molar-refractivity contribution in [1.29, 1.82) is 0 Å². The zero-order chi connectivity index (χ0) is 13.2. The van der Waals surface area contributed by atoms with Gasteiger partial charge in [-0.3, -0.25) is 4.79 Å². The van der Waals surface area contributed by atoms with E-state index in [0.29, 0.717) is 18.6 Å². The van der Waals surface area contributed by atoms with Crippen molar-refractivity contribution in [2.75, 3.05) is 7.11 Å². The molecule has 0 aliphatic heterocycles. The Kier molecular flexibility index (Phi) is 3.57. The van der Waals surface area contributed by atoms with Crippen LogP contribution in [0.3, 0.4) is 0 Å². The zero-order valence-corrected chi connectivity index (χ0v) is 10.7. The predicted octanol–water partition coefficient (Wildman–Crippen LogP) is 2.00. The number of carbonyl (C=O) groups excluding carboxylic acids is 1. The maximum atomic E-state index is 11.6. The summed E-state index contributed by atoms with van der Waals surface area (Å²) in [4.78, 5) is 11.6. The van der Waals surface area contributed by atoms with Gasteiger partial charge in [0.25, 0.3) is 0 Å². The Bertz CT molecular complexity index is 443. The summed E-state index contributed by atoms with van der Waals surface area (Å²) in [5.74, 6) is 0.360. The fraction of sp³-hybridized carbons (Fsp3) is 0.500. The second kappa shape index (κ2) is 4.98. The first-order valence-corrected chi connectivity index (χ1v) is 6.17. The first-order chi connectivity index (χ1) is 8.64. The number of carbonyl (C=O) groups is 1. The number of methoxy groups -OCH3 is 1. The lowest BCUT2D eigenvalue weighted by Crippen LogP contribution is -2.22. The summed E-state index contributed by atoms with van der Waals surface area (Å²) in [6.45, 7) is 1.92. The van der Waals surface area contributed by atoms with Crippen molar-refractivity contribution in [2.24, 2.45) is 0 Å². The van der Waals surface area contributed by atoms with Crippen molar-refractivity contribution < 1.29 is 19.4 Å². The van der Waals surface area contributed by atoms with Gasteiger partial charge in [-0.1, -0.05) is 25.1 Å². The Morgan fingerprint density at radius 1 is 1.50 bits per heavy atom. The maximum absolute atomic E-state index is 11.6. The van der Waals surface area contributed by atoms with Crippen molar-refractivity contribution in [3.63, 3.8) is 0 Å². The highest BCUT2D eigenvalue weighted by atomic mass is 16.6. The molecule has 0 bridgehead atoms. The van der Waals surface area contributed by atoms with Gasteiger partial charge in [-0.05, 0) is 12.5 Å². The summed E-state index contributed by atoms with van der Waals surface area (Å²) >= 11 is 0. The molecule has 2 rings (SSSR count). The van der Waals surface area contributed by atoms with Crippen LogP contribution in [0.25, 0.3) is 0 Å². The minimum atomic E-state index is -0.904. The number of para-hydroxylation sites is 1. The molecule has 1 aromatic carbocycles. The molecular weight excluding hydrogens is 232 g/mol. The van der Waals surface area contributed by atoms with Crippen LogP contribution >= 0.6 is 0 Å². The summed E-state index contributed by atoms with van der Waals surface area (Å²) in [6, 6.07) is 7.32. The average molecular weight is 250 g/mol. The SMILES string of the molecule is CCCC(=O)OC1(c2ccccc2OC)CC1O. The molecule has 18 heavy (non-hydrogen) atoms. The minimum Gasteiger partial charge on any atom is -0.496 e. The monoisotopic (exact) mass is 250 g/mol. The van der Waals surface area contributed by atoms with Gasteiger partial charge in [0.1, 0.15) is 11.9 Å². The molecule has 4 nitrogen and oxygen atoms in total. The van der Waals surface area contributed by atoms with Gasteiger partial charge in [-0.15, -0.1) is 0 Å². The number of rotatable bonds is 5. The summed E-state index contributed by atoms with van der Waals surface area (Å²) in [6.07, 6.45) is 0.887. The smallest absolute Gasteiger partial charge is 0.306 e. The van der Waals surface area contributed by atoms with E-state index in [9.17, 15) is 9.90 Å². The minimum absolute atomic E-state index is 0.278. The second-order valence-electron chi connectivity index (χ2n) is 4.53. The van der Waals surface area contributed by atoms with E-state index in [0.717, 1.165) is 12.0 Å². The van der Waals surface area contributed by atoms with Crippen molar-refractivity contribution in [3.05, 3.63) is 29.8 Å². The number of ether oxygens (including phenoxy) is 2. The molecule has 1 aliphatic carbocycles. The van der Waals surface area contributed by atoms with Crippen LogP contribution in [0.1, 0.15) is 31.7 Å². The Labute approximate surface area is 107 Å².